The molecule has 0 aliphatic rings. The van der Waals surface area contributed by atoms with Crippen LogP contribution in [-0.4, -0.2) is 18.1 Å². The quantitative estimate of drug-likeness (QED) is 0.715. The Morgan fingerprint density at radius 2 is 2.42 bits per heavy atom. The molecule has 0 fully saturated rings. The van der Waals surface area contributed by atoms with Crippen molar-refractivity contribution in [3.8, 4) is 0 Å². The Hall–Kier alpha value is -1.29. The largest absolute Gasteiger partial charge is 0.478 e. The summed E-state index contributed by atoms with van der Waals surface area (Å²) in [5.41, 5.74) is 0.187. The van der Waals surface area contributed by atoms with E-state index >= 15 is 0 Å². The third-order valence-electron chi connectivity index (χ3n) is 1.73. The van der Waals surface area contributed by atoms with Crippen LogP contribution < -0.4 is 5.32 Å². The van der Waals surface area contributed by atoms with Gasteiger partial charge in [0.25, 0.3) is 0 Å². The van der Waals surface area contributed by atoms with Crippen LogP contribution in [0.5, 0.6) is 0 Å². The van der Waals surface area contributed by atoms with Crippen LogP contribution in [0.2, 0.25) is 0 Å². The molecule has 66 valence electrons. The molecule has 12 heavy (non-hydrogen) atoms. The number of furan rings is 1. The van der Waals surface area contributed by atoms with E-state index in [1.165, 1.54) is 12.3 Å². The van der Waals surface area contributed by atoms with Gasteiger partial charge in [-0.1, -0.05) is 0 Å². The fourth-order valence-electron chi connectivity index (χ4n) is 0.834. The molecular weight excluding hydrogens is 158 g/mol. The van der Waals surface area contributed by atoms with Gasteiger partial charge < -0.3 is 14.8 Å². The highest BCUT2D eigenvalue weighted by atomic mass is 16.4. The molecule has 1 unspecified atom stereocenters. The Labute approximate surface area is 70.2 Å². The van der Waals surface area contributed by atoms with Gasteiger partial charge in [-0.3, -0.25) is 0 Å². The van der Waals surface area contributed by atoms with E-state index in [1.807, 2.05) is 6.92 Å². The summed E-state index contributed by atoms with van der Waals surface area (Å²) in [6, 6.07) is 1.56. The highest BCUT2D eigenvalue weighted by molar-refractivity contribution is 5.87. The minimum Gasteiger partial charge on any atom is -0.478 e. The van der Waals surface area contributed by atoms with Crippen LogP contribution >= 0.6 is 0 Å². The number of nitrogens with one attached hydrogen (secondary N) is 1. The second-order valence-corrected chi connectivity index (χ2v) is 2.55. The van der Waals surface area contributed by atoms with Gasteiger partial charge in [0, 0.05) is 0 Å². The molecule has 1 rings (SSSR count). The van der Waals surface area contributed by atoms with E-state index in [0.717, 1.165) is 0 Å². The maximum absolute atomic E-state index is 10.4. The maximum atomic E-state index is 10.4. The van der Waals surface area contributed by atoms with Crippen molar-refractivity contribution in [3.05, 3.63) is 23.7 Å². The fourth-order valence-corrected chi connectivity index (χ4v) is 0.834. The second kappa shape index (κ2) is 3.40. The van der Waals surface area contributed by atoms with E-state index in [4.69, 9.17) is 9.52 Å². The van der Waals surface area contributed by atoms with Crippen molar-refractivity contribution in [2.75, 3.05) is 7.05 Å². The average Bonchev–Trinajstić information content (AvgIpc) is 2.51. The molecule has 0 aliphatic heterocycles. The topological polar surface area (TPSA) is 62.5 Å². The molecule has 4 heteroatoms. The smallest absolute Gasteiger partial charge is 0.338 e. The molecule has 0 amide bonds. The lowest BCUT2D eigenvalue weighted by Crippen LogP contribution is -2.11. The van der Waals surface area contributed by atoms with Gasteiger partial charge in [0.05, 0.1) is 11.6 Å². The van der Waals surface area contributed by atoms with Crippen molar-refractivity contribution in [2.24, 2.45) is 0 Å². The molecule has 0 saturated heterocycles. The SMILES string of the molecule is CNC(C)c1cc(C(=O)O)co1. The third kappa shape index (κ3) is 1.65. The minimum absolute atomic E-state index is 0.0399. The van der Waals surface area contributed by atoms with Crippen LogP contribution in [0.15, 0.2) is 16.7 Å². The molecule has 0 aliphatic carbocycles. The zero-order valence-electron chi connectivity index (χ0n) is 7.00. The minimum atomic E-state index is -0.965. The second-order valence-electron chi connectivity index (χ2n) is 2.55. The highest BCUT2D eigenvalue weighted by Gasteiger charge is 2.11. The molecule has 1 aromatic rings. The predicted molar refractivity (Wildman–Crippen MR) is 43.1 cm³/mol. The van der Waals surface area contributed by atoms with E-state index in [9.17, 15) is 4.79 Å². The van der Waals surface area contributed by atoms with Crippen molar-refractivity contribution in [1.29, 1.82) is 0 Å². The number of carboxylic acid groups (broad SMARTS) is 1. The molecule has 4 nitrogen and oxygen atoms in total. The summed E-state index contributed by atoms with van der Waals surface area (Å²) in [7, 11) is 1.79. The van der Waals surface area contributed by atoms with Crippen molar-refractivity contribution in [3.63, 3.8) is 0 Å². The highest BCUT2D eigenvalue weighted by Crippen LogP contribution is 2.15. The van der Waals surface area contributed by atoms with Gasteiger partial charge in [0.1, 0.15) is 12.0 Å². The van der Waals surface area contributed by atoms with E-state index in [1.54, 1.807) is 7.05 Å². The van der Waals surface area contributed by atoms with Gasteiger partial charge in [0.15, 0.2) is 0 Å². The number of carbonyl (C=O) groups is 1. The predicted octanol–water partition coefficient (Wildman–Crippen LogP) is 1.26. The van der Waals surface area contributed by atoms with E-state index in [-0.39, 0.29) is 11.6 Å². The summed E-state index contributed by atoms with van der Waals surface area (Å²) in [6.45, 7) is 1.89. The Kier molecular flexibility index (Phi) is 2.50. The molecule has 1 heterocycles. The molecule has 1 atom stereocenters. The summed E-state index contributed by atoms with van der Waals surface area (Å²) >= 11 is 0. The van der Waals surface area contributed by atoms with E-state index in [0.29, 0.717) is 5.76 Å². The first-order chi connectivity index (χ1) is 5.65. The van der Waals surface area contributed by atoms with Crippen LogP contribution in [0.3, 0.4) is 0 Å². The summed E-state index contributed by atoms with van der Waals surface area (Å²) < 4.78 is 5.04. The molecule has 0 aromatic carbocycles. The Morgan fingerprint density at radius 3 is 2.83 bits per heavy atom. The Morgan fingerprint density at radius 1 is 1.75 bits per heavy atom. The maximum Gasteiger partial charge on any atom is 0.338 e. The molecule has 1 aromatic heterocycles. The first kappa shape index (κ1) is 8.80. The van der Waals surface area contributed by atoms with Crippen LogP contribution in [0.4, 0.5) is 0 Å². The van der Waals surface area contributed by atoms with Gasteiger partial charge >= 0.3 is 5.97 Å². The fraction of sp³-hybridized carbons (Fsp3) is 0.375. The van der Waals surface area contributed by atoms with Crippen molar-refractivity contribution < 1.29 is 14.3 Å². The van der Waals surface area contributed by atoms with Crippen LogP contribution in [-0.2, 0) is 0 Å². The van der Waals surface area contributed by atoms with Gasteiger partial charge in [-0.15, -0.1) is 0 Å². The van der Waals surface area contributed by atoms with Crippen LogP contribution in [0, 0.1) is 0 Å². The number of hydrogen-bond acceptors (Lipinski definition) is 3. The van der Waals surface area contributed by atoms with Crippen molar-refractivity contribution in [2.45, 2.75) is 13.0 Å². The molecule has 0 spiro atoms. The first-order valence-electron chi connectivity index (χ1n) is 3.64. The third-order valence-corrected chi connectivity index (χ3v) is 1.73. The lowest BCUT2D eigenvalue weighted by molar-refractivity contribution is 0.0696. The van der Waals surface area contributed by atoms with E-state index in [2.05, 4.69) is 5.32 Å². The average molecular weight is 169 g/mol. The zero-order valence-corrected chi connectivity index (χ0v) is 7.00. The van der Waals surface area contributed by atoms with Crippen molar-refractivity contribution >= 4 is 5.97 Å². The number of rotatable bonds is 3. The standard InChI is InChI=1S/C8H11NO3/c1-5(9-2)7-3-6(4-12-7)8(10)11/h3-5,9H,1-2H3,(H,10,11). The zero-order chi connectivity index (χ0) is 9.14. The first-order valence-corrected chi connectivity index (χ1v) is 3.64. The summed E-state index contributed by atoms with van der Waals surface area (Å²) in [5, 5.41) is 11.5. The normalized spacial score (nSPS) is 12.8. The van der Waals surface area contributed by atoms with E-state index < -0.39 is 5.97 Å². The molecule has 0 radical (unpaired) electrons. The molecule has 2 N–H and O–H groups in total. The number of carboxylic acids is 1. The van der Waals surface area contributed by atoms with Gasteiger partial charge in [0.2, 0.25) is 0 Å². The molecule has 0 bridgehead atoms. The summed E-state index contributed by atoms with van der Waals surface area (Å²) in [6.07, 6.45) is 1.24. The monoisotopic (exact) mass is 169 g/mol. The molecule has 0 saturated carbocycles. The van der Waals surface area contributed by atoms with Crippen molar-refractivity contribution in [1.82, 2.24) is 5.32 Å². The Balaban J connectivity index is 2.84. The number of hydrogen-bond donors (Lipinski definition) is 2. The van der Waals surface area contributed by atoms with Crippen LogP contribution in [0.1, 0.15) is 29.1 Å². The molecular formula is C8H11NO3. The van der Waals surface area contributed by atoms with Gasteiger partial charge in [-0.05, 0) is 20.0 Å². The van der Waals surface area contributed by atoms with Gasteiger partial charge in [-0.2, -0.15) is 0 Å². The lowest BCUT2D eigenvalue weighted by atomic mass is 10.2. The number of aromatic carboxylic acids is 1. The van der Waals surface area contributed by atoms with Crippen LogP contribution in [0.25, 0.3) is 0 Å². The summed E-state index contributed by atoms with van der Waals surface area (Å²) in [5.74, 6) is -0.330. The summed E-state index contributed by atoms with van der Waals surface area (Å²) in [4.78, 5) is 10.4. The Bertz CT molecular complexity index is 280. The van der Waals surface area contributed by atoms with Gasteiger partial charge in [-0.25, -0.2) is 4.79 Å². The lowest BCUT2D eigenvalue weighted by Gasteiger charge is -2.03.